The summed E-state index contributed by atoms with van der Waals surface area (Å²) in [7, 11) is 0. The molecule has 0 saturated carbocycles. The zero-order valence-corrected chi connectivity index (χ0v) is 18.4. The van der Waals surface area contributed by atoms with E-state index in [0.29, 0.717) is 22.8 Å². The second-order valence-corrected chi connectivity index (χ2v) is 9.11. The maximum atomic E-state index is 12.8. The van der Waals surface area contributed by atoms with Gasteiger partial charge in [-0.1, -0.05) is 42.1 Å². The molecule has 2 aromatic heterocycles. The minimum atomic E-state index is -0.410. The molecule has 1 N–H and O–H groups in total. The monoisotopic (exact) mass is 445 g/mol. The van der Waals surface area contributed by atoms with Gasteiger partial charge in [0.2, 0.25) is 5.91 Å². The van der Waals surface area contributed by atoms with Crippen molar-refractivity contribution in [3.8, 4) is 11.8 Å². The van der Waals surface area contributed by atoms with Crippen LogP contribution >= 0.6 is 23.1 Å². The van der Waals surface area contributed by atoms with Crippen LogP contribution in [-0.2, 0) is 11.2 Å². The SMILES string of the molecule is CC(Sc1nnc(Cc2cccs2)n1-c1ccccc1)C(=O)Nc1cccc(C#N)c1. The highest BCUT2D eigenvalue weighted by molar-refractivity contribution is 8.00. The fourth-order valence-corrected chi connectivity index (χ4v) is 4.61. The van der Waals surface area contributed by atoms with Gasteiger partial charge in [0, 0.05) is 22.7 Å². The van der Waals surface area contributed by atoms with Crippen LogP contribution in [0.3, 0.4) is 0 Å². The van der Waals surface area contributed by atoms with E-state index in [1.807, 2.05) is 53.3 Å². The van der Waals surface area contributed by atoms with Crippen LogP contribution in [-0.4, -0.2) is 25.9 Å². The highest BCUT2D eigenvalue weighted by atomic mass is 32.2. The van der Waals surface area contributed by atoms with Crippen LogP contribution in [0.4, 0.5) is 5.69 Å². The summed E-state index contributed by atoms with van der Waals surface area (Å²) < 4.78 is 2.00. The van der Waals surface area contributed by atoms with Crippen molar-refractivity contribution in [2.75, 3.05) is 5.32 Å². The van der Waals surface area contributed by atoms with Gasteiger partial charge in [-0.15, -0.1) is 21.5 Å². The Morgan fingerprint density at radius 3 is 2.74 bits per heavy atom. The first-order valence-corrected chi connectivity index (χ1v) is 11.4. The lowest BCUT2D eigenvalue weighted by molar-refractivity contribution is -0.115. The number of hydrogen-bond donors (Lipinski definition) is 1. The number of para-hydroxylation sites is 1. The van der Waals surface area contributed by atoms with Crippen molar-refractivity contribution < 1.29 is 4.79 Å². The van der Waals surface area contributed by atoms with Gasteiger partial charge < -0.3 is 5.32 Å². The van der Waals surface area contributed by atoms with Crippen LogP contribution < -0.4 is 5.32 Å². The molecule has 1 atom stereocenters. The van der Waals surface area contributed by atoms with Crippen molar-refractivity contribution in [1.82, 2.24) is 14.8 Å². The van der Waals surface area contributed by atoms with Crippen molar-refractivity contribution in [2.24, 2.45) is 0 Å². The molecular formula is C23H19N5OS2. The molecule has 0 spiro atoms. The molecular weight excluding hydrogens is 426 g/mol. The smallest absolute Gasteiger partial charge is 0.237 e. The summed E-state index contributed by atoms with van der Waals surface area (Å²) in [5.74, 6) is 0.660. The van der Waals surface area contributed by atoms with Crippen LogP contribution in [0, 0.1) is 11.3 Å². The Morgan fingerprint density at radius 2 is 2.00 bits per heavy atom. The zero-order valence-electron chi connectivity index (χ0n) is 16.7. The van der Waals surface area contributed by atoms with Crippen molar-refractivity contribution >= 4 is 34.7 Å². The topological polar surface area (TPSA) is 83.6 Å². The average Bonchev–Trinajstić information content (AvgIpc) is 3.45. The first-order valence-electron chi connectivity index (χ1n) is 9.64. The number of nitrogens with one attached hydrogen (secondary N) is 1. The Balaban J connectivity index is 1.56. The summed E-state index contributed by atoms with van der Waals surface area (Å²) in [6.45, 7) is 1.83. The number of rotatable bonds is 7. The Kier molecular flexibility index (Phi) is 6.46. The van der Waals surface area contributed by atoms with Crippen LogP contribution in [0.2, 0.25) is 0 Å². The van der Waals surface area contributed by atoms with Gasteiger partial charge in [0.1, 0.15) is 5.82 Å². The molecule has 0 aliphatic rings. The standard InChI is InChI=1S/C23H19N5OS2/c1-16(22(29)25-18-8-5-7-17(13-18)15-24)31-23-27-26-21(14-20-11-6-12-30-20)28(23)19-9-3-2-4-10-19/h2-13,16H,14H2,1H3,(H,25,29). The van der Waals surface area contributed by atoms with Crippen molar-refractivity contribution in [1.29, 1.82) is 5.26 Å². The van der Waals surface area contributed by atoms with Gasteiger partial charge in [0.15, 0.2) is 5.16 Å². The van der Waals surface area contributed by atoms with Crippen molar-refractivity contribution in [3.63, 3.8) is 0 Å². The fraction of sp³-hybridized carbons (Fsp3) is 0.130. The van der Waals surface area contributed by atoms with Crippen LogP contribution in [0.5, 0.6) is 0 Å². The quantitative estimate of drug-likeness (QED) is 0.409. The average molecular weight is 446 g/mol. The Morgan fingerprint density at radius 1 is 1.16 bits per heavy atom. The molecule has 1 unspecified atom stereocenters. The van der Waals surface area contributed by atoms with E-state index in [9.17, 15) is 4.79 Å². The number of aromatic nitrogens is 3. The molecule has 154 valence electrons. The van der Waals surface area contributed by atoms with Crippen LogP contribution in [0.25, 0.3) is 5.69 Å². The maximum Gasteiger partial charge on any atom is 0.237 e. The van der Waals surface area contributed by atoms with E-state index in [4.69, 9.17) is 5.26 Å². The largest absolute Gasteiger partial charge is 0.325 e. The highest BCUT2D eigenvalue weighted by Crippen LogP contribution is 2.28. The number of anilines is 1. The molecule has 0 bridgehead atoms. The number of benzene rings is 2. The summed E-state index contributed by atoms with van der Waals surface area (Å²) in [6, 6.07) is 22.9. The third kappa shape index (κ3) is 5.02. The number of carbonyl (C=O) groups is 1. The molecule has 0 fully saturated rings. The lowest BCUT2D eigenvalue weighted by atomic mass is 10.2. The first-order chi connectivity index (χ1) is 15.1. The molecule has 8 heteroatoms. The molecule has 2 heterocycles. The van der Waals surface area contributed by atoms with Crippen molar-refractivity contribution in [3.05, 3.63) is 88.4 Å². The van der Waals surface area contributed by atoms with Gasteiger partial charge in [0.05, 0.1) is 16.9 Å². The molecule has 1 amide bonds. The first kappa shape index (κ1) is 20.8. The molecule has 4 aromatic rings. The van der Waals surface area contributed by atoms with Gasteiger partial charge >= 0.3 is 0 Å². The number of amides is 1. The predicted molar refractivity (Wildman–Crippen MR) is 124 cm³/mol. The Hall–Kier alpha value is -3.41. The Labute approximate surface area is 188 Å². The third-order valence-corrected chi connectivity index (χ3v) is 6.46. The number of thiophene rings is 1. The Bertz CT molecular complexity index is 1210. The molecule has 0 aliphatic carbocycles. The summed E-state index contributed by atoms with van der Waals surface area (Å²) in [5.41, 5.74) is 2.05. The van der Waals surface area contributed by atoms with E-state index in [1.165, 1.54) is 16.6 Å². The summed E-state index contributed by atoms with van der Waals surface area (Å²) in [6.07, 6.45) is 0.668. The predicted octanol–water partition coefficient (Wildman–Crippen LogP) is 4.91. The molecule has 0 aliphatic heterocycles. The molecule has 0 radical (unpaired) electrons. The van der Waals surface area contributed by atoms with E-state index in [2.05, 4.69) is 27.6 Å². The number of nitriles is 1. The number of hydrogen-bond acceptors (Lipinski definition) is 6. The minimum Gasteiger partial charge on any atom is -0.325 e. The van der Waals surface area contributed by atoms with Gasteiger partial charge in [-0.25, -0.2) is 0 Å². The van der Waals surface area contributed by atoms with Crippen molar-refractivity contribution in [2.45, 2.75) is 23.8 Å². The minimum absolute atomic E-state index is 0.164. The third-order valence-electron chi connectivity index (χ3n) is 4.54. The second-order valence-electron chi connectivity index (χ2n) is 6.77. The highest BCUT2D eigenvalue weighted by Gasteiger charge is 2.21. The van der Waals surface area contributed by atoms with E-state index in [-0.39, 0.29) is 5.91 Å². The summed E-state index contributed by atoms with van der Waals surface area (Å²) in [4.78, 5) is 14.0. The molecule has 4 rings (SSSR count). The van der Waals surface area contributed by atoms with Gasteiger partial charge in [-0.05, 0) is 48.7 Å². The maximum absolute atomic E-state index is 12.8. The van der Waals surface area contributed by atoms with Gasteiger partial charge in [-0.2, -0.15) is 5.26 Å². The fourth-order valence-electron chi connectivity index (χ4n) is 3.02. The van der Waals surface area contributed by atoms with Gasteiger partial charge in [0.25, 0.3) is 0 Å². The van der Waals surface area contributed by atoms with Crippen LogP contribution in [0.15, 0.2) is 77.3 Å². The molecule has 6 nitrogen and oxygen atoms in total. The van der Waals surface area contributed by atoms with E-state index < -0.39 is 5.25 Å². The summed E-state index contributed by atoms with van der Waals surface area (Å²) in [5, 5.41) is 23.0. The lowest BCUT2D eigenvalue weighted by Crippen LogP contribution is -2.23. The summed E-state index contributed by atoms with van der Waals surface area (Å²) >= 11 is 3.03. The van der Waals surface area contributed by atoms with Gasteiger partial charge in [-0.3, -0.25) is 9.36 Å². The number of carbonyl (C=O) groups excluding carboxylic acids is 1. The molecule has 2 aromatic carbocycles. The molecule has 31 heavy (non-hydrogen) atoms. The van der Waals surface area contributed by atoms with E-state index in [1.54, 1.807) is 35.6 Å². The number of thioether (sulfide) groups is 1. The normalized spacial score (nSPS) is 11.6. The second kappa shape index (κ2) is 9.60. The van der Waals surface area contributed by atoms with E-state index in [0.717, 1.165) is 11.5 Å². The zero-order chi connectivity index (χ0) is 21.6. The van der Waals surface area contributed by atoms with E-state index >= 15 is 0 Å². The number of nitrogens with zero attached hydrogens (tertiary/aromatic N) is 4. The lowest BCUT2D eigenvalue weighted by Gasteiger charge is -2.14. The van der Waals surface area contributed by atoms with Crippen LogP contribution in [0.1, 0.15) is 23.2 Å². The molecule has 0 saturated heterocycles.